The molecule has 2 rings (SSSR count). The van der Waals surface area contributed by atoms with Gasteiger partial charge in [-0.1, -0.05) is 12.1 Å². The van der Waals surface area contributed by atoms with E-state index in [2.05, 4.69) is 9.97 Å². The van der Waals surface area contributed by atoms with Gasteiger partial charge in [-0.3, -0.25) is 4.98 Å². The molecular weight excluding hydrogens is 248 g/mol. The molecule has 2 aromatic heterocycles. The van der Waals surface area contributed by atoms with E-state index in [9.17, 15) is 0 Å². The largest absolute Gasteiger partial charge is 0.477 e. The van der Waals surface area contributed by atoms with Crippen molar-refractivity contribution in [2.24, 2.45) is 0 Å². The van der Waals surface area contributed by atoms with Crippen molar-refractivity contribution in [2.75, 3.05) is 6.61 Å². The summed E-state index contributed by atoms with van der Waals surface area (Å²) >= 11 is 5.78. The van der Waals surface area contributed by atoms with Crippen molar-refractivity contribution < 1.29 is 4.74 Å². The lowest BCUT2D eigenvalue weighted by atomic mass is 10.2. The Morgan fingerprint density at radius 2 is 2.11 bits per heavy atom. The summed E-state index contributed by atoms with van der Waals surface area (Å²) in [7, 11) is 0. The third kappa shape index (κ3) is 3.44. The van der Waals surface area contributed by atoms with Crippen LogP contribution in [0.1, 0.15) is 17.0 Å². The maximum atomic E-state index is 5.78. The molecule has 0 aliphatic carbocycles. The molecule has 0 bridgehead atoms. The van der Waals surface area contributed by atoms with Crippen LogP contribution in [0.15, 0.2) is 36.5 Å². The summed E-state index contributed by atoms with van der Waals surface area (Å²) in [4.78, 5) is 8.59. The molecule has 0 aliphatic heterocycles. The average Bonchev–Trinajstić information content (AvgIpc) is 2.40. The standard InChI is InChI=1S/C14H15ClN2O/c1-11-12(10-15)5-6-14(17-11)18-9-7-13-4-2-3-8-16-13/h2-6,8H,7,9-10H2,1H3. The van der Waals surface area contributed by atoms with E-state index in [1.807, 2.05) is 37.3 Å². The second-order valence-electron chi connectivity index (χ2n) is 3.95. The summed E-state index contributed by atoms with van der Waals surface area (Å²) in [6.07, 6.45) is 2.56. The van der Waals surface area contributed by atoms with Crippen LogP contribution in [0.25, 0.3) is 0 Å². The molecule has 18 heavy (non-hydrogen) atoms. The van der Waals surface area contributed by atoms with Crippen molar-refractivity contribution in [3.63, 3.8) is 0 Å². The molecule has 0 N–H and O–H groups in total. The quantitative estimate of drug-likeness (QED) is 0.777. The Balaban J connectivity index is 1.89. The number of ether oxygens (including phenoxy) is 1. The smallest absolute Gasteiger partial charge is 0.213 e. The van der Waals surface area contributed by atoms with Gasteiger partial charge in [0, 0.05) is 36.0 Å². The van der Waals surface area contributed by atoms with Gasteiger partial charge in [-0.25, -0.2) is 4.98 Å². The minimum atomic E-state index is 0.479. The summed E-state index contributed by atoms with van der Waals surface area (Å²) in [5.74, 6) is 1.12. The molecule has 0 spiro atoms. The molecule has 4 heteroatoms. The van der Waals surface area contributed by atoms with Gasteiger partial charge in [0.25, 0.3) is 0 Å². The van der Waals surface area contributed by atoms with Crippen LogP contribution in [-0.2, 0) is 12.3 Å². The highest BCUT2D eigenvalue weighted by Gasteiger charge is 2.02. The van der Waals surface area contributed by atoms with Crippen molar-refractivity contribution in [1.82, 2.24) is 9.97 Å². The monoisotopic (exact) mass is 262 g/mol. The maximum absolute atomic E-state index is 5.78. The fourth-order valence-electron chi connectivity index (χ4n) is 1.59. The third-order valence-electron chi connectivity index (χ3n) is 2.65. The average molecular weight is 263 g/mol. The highest BCUT2D eigenvalue weighted by Crippen LogP contribution is 2.14. The van der Waals surface area contributed by atoms with Gasteiger partial charge in [0.2, 0.25) is 5.88 Å². The number of hydrogen-bond donors (Lipinski definition) is 0. The number of alkyl halides is 1. The number of halogens is 1. The topological polar surface area (TPSA) is 35.0 Å². The second-order valence-corrected chi connectivity index (χ2v) is 4.21. The molecule has 0 fully saturated rings. The Morgan fingerprint density at radius 1 is 1.22 bits per heavy atom. The Morgan fingerprint density at radius 3 is 2.78 bits per heavy atom. The molecule has 0 saturated heterocycles. The van der Waals surface area contributed by atoms with Crippen LogP contribution in [0, 0.1) is 6.92 Å². The summed E-state index contributed by atoms with van der Waals surface area (Å²) in [6, 6.07) is 9.66. The van der Waals surface area contributed by atoms with Gasteiger partial charge >= 0.3 is 0 Å². The first-order valence-corrected chi connectivity index (χ1v) is 6.38. The number of pyridine rings is 2. The van der Waals surface area contributed by atoms with Crippen LogP contribution in [0.5, 0.6) is 5.88 Å². The summed E-state index contributed by atoms with van der Waals surface area (Å²) in [5, 5.41) is 0. The molecule has 0 unspecified atom stereocenters. The summed E-state index contributed by atoms with van der Waals surface area (Å²) in [5.41, 5.74) is 2.97. The number of aryl methyl sites for hydroxylation is 1. The Bertz CT molecular complexity index is 502. The first-order chi connectivity index (χ1) is 8.79. The van der Waals surface area contributed by atoms with E-state index in [-0.39, 0.29) is 0 Å². The molecule has 3 nitrogen and oxygen atoms in total. The predicted octanol–water partition coefficient (Wildman–Crippen LogP) is 3.15. The van der Waals surface area contributed by atoms with E-state index in [0.29, 0.717) is 18.4 Å². The molecule has 0 aromatic carbocycles. The van der Waals surface area contributed by atoms with Crippen LogP contribution in [0.2, 0.25) is 0 Å². The molecule has 94 valence electrons. The minimum Gasteiger partial charge on any atom is -0.477 e. The highest BCUT2D eigenvalue weighted by atomic mass is 35.5. The molecule has 0 saturated carbocycles. The van der Waals surface area contributed by atoms with Crippen LogP contribution < -0.4 is 4.74 Å². The Kier molecular flexibility index (Phi) is 4.53. The van der Waals surface area contributed by atoms with E-state index in [1.165, 1.54) is 0 Å². The molecule has 0 radical (unpaired) electrons. The van der Waals surface area contributed by atoms with E-state index in [4.69, 9.17) is 16.3 Å². The van der Waals surface area contributed by atoms with Gasteiger partial charge in [0.05, 0.1) is 6.61 Å². The van der Waals surface area contributed by atoms with Crippen molar-refractivity contribution >= 4 is 11.6 Å². The molecule has 0 atom stereocenters. The summed E-state index contributed by atoms with van der Waals surface area (Å²) in [6.45, 7) is 2.51. The van der Waals surface area contributed by atoms with Crippen molar-refractivity contribution in [3.05, 3.63) is 53.5 Å². The summed E-state index contributed by atoms with van der Waals surface area (Å²) < 4.78 is 5.60. The van der Waals surface area contributed by atoms with Crippen LogP contribution >= 0.6 is 11.6 Å². The lowest BCUT2D eigenvalue weighted by Gasteiger charge is -2.07. The molecule has 0 amide bonds. The lowest BCUT2D eigenvalue weighted by molar-refractivity contribution is 0.307. The number of hydrogen-bond acceptors (Lipinski definition) is 3. The lowest BCUT2D eigenvalue weighted by Crippen LogP contribution is -2.04. The van der Waals surface area contributed by atoms with Gasteiger partial charge in [0.15, 0.2) is 0 Å². The number of aromatic nitrogens is 2. The fourth-order valence-corrected chi connectivity index (χ4v) is 1.88. The maximum Gasteiger partial charge on any atom is 0.213 e. The van der Waals surface area contributed by atoms with Gasteiger partial charge in [-0.2, -0.15) is 0 Å². The Hall–Kier alpha value is -1.61. The zero-order chi connectivity index (χ0) is 12.8. The first kappa shape index (κ1) is 12.8. The normalized spacial score (nSPS) is 10.3. The van der Waals surface area contributed by atoms with E-state index in [0.717, 1.165) is 23.4 Å². The van der Waals surface area contributed by atoms with Gasteiger partial charge < -0.3 is 4.74 Å². The van der Waals surface area contributed by atoms with Crippen LogP contribution in [0.4, 0.5) is 0 Å². The third-order valence-corrected chi connectivity index (χ3v) is 2.94. The van der Waals surface area contributed by atoms with Gasteiger partial charge in [-0.05, 0) is 24.6 Å². The SMILES string of the molecule is Cc1nc(OCCc2ccccn2)ccc1CCl. The number of rotatable bonds is 5. The highest BCUT2D eigenvalue weighted by molar-refractivity contribution is 6.17. The Labute approximate surface area is 112 Å². The van der Waals surface area contributed by atoms with E-state index < -0.39 is 0 Å². The fraction of sp³-hybridized carbons (Fsp3) is 0.286. The zero-order valence-electron chi connectivity index (χ0n) is 10.3. The van der Waals surface area contributed by atoms with Gasteiger partial charge in [0.1, 0.15) is 0 Å². The number of nitrogens with zero attached hydrogens (tertiary/aromatic N) is 2. The molecule has 2 aromatic rings. The van der Waals surface area contributed by atoms with Gasteiger partial charge in [-0.15, -0.1) is 11.6 Å². The van der Waals surface area contributed by atoms with Crippen LogP contribution in [-0.4, -0.2) is 16.6 Å². The molecule has 2 heterocycles. The second kappa shape index (κ2) is 6.36. The zero-order valence-corrected chi connectivity index (χ0v) is 11.0. The molecule has 0 aliphatic rings. The predicted molar refractivity (Wildman–Crippen MR) is 72.0 cm³/mol. The first-order valence-electron chi connectivity index (χ1n) is 5.85. The minimum absolute atomic E-state index is 0.479. The van der Waals surface area contributed by atoms with Crippen molar-refractivity contribution in [1.29, 1.82) is 0 Å². The van der Waals surface area contributed by atoms with Crippen LogP contribution in [0.3, 0.4) is 0 Å². The molecular formula is C14H15ClN2O. The van der Waals surface area contributed by atoms with E-state index >= 15 is 0 Å². The van der Waals surface area contributed by atoms with Crippen molar-refractivity contribution in [3.8, 4) is 5.88 Å². The van der Waals surface area contributed by atoms with E-state index in [1.54, 1.807) is 6.20 Å². The van der Waals surface area contributed by atoms with Crippen molar-refractivity contribution in [2.45, 2.75) is 19.2 Å².